The molecule has 0 spiro atoms. The average Bonchev–Trinajstić information content (AvgIpc) is 3.18. The lowest BCUT2D eigenvalue weighted by Crippen LogP contribution is -2.14. The molecule has 16 heteroatoms. The first-order chi connectivity index (χ1) is 25.8. The van der Waals surface area contributed by atoms with Crippen LogP contribution in [0.1, 0.15) is 48.4 Å². The minimum Gasteiger partial charge on any atom is -0.469 e. The molecule has 0 aliphatic heterocycles. The van der Waals surface area contributed by atoms with E-state index in [9.17, 15) is 19.8 Å². The number of nitrogen functional groups attached to an aromatic ring is 1. The van der Waals surface area contributed by atoms with Gasteiger partial charge in [0.15, 0.2) is 0 Å². The lowest BCUT2D eigenvalue weighted by molar-refractivity contribution is -0.142. The molecule has 0 aliphatic rings. The maximum atomic E-state index is 10.8. The third kappa shape index (κ3) is 29.7. The third-order valence-electron chi connectivity index (χ3n) is 6.63. The van der Waals surface area contributed by atoms with Crippen LogP contribution >= 0.6 is 0 Å². The number of esters is 2. The van der Waals surface area contributed by atoms with Crippen LogP contribution in [0.5, 0.6) is 0 Å². The minimum absolute atomic E-state index is 0.0436. The first-order valence-corrected chi connectivity index (χ1v) is 17.5. The molecule has 2 aromatic rings. The van der Waals surface area contributed by atoms with Gasteiger partial charge in [-0.25, -0.2) is 0 Å². The van der Waals surface area contributed by atoms with E-state index in [-0.39, 0.29) is 51.2 Å². The van der Waals surface area contributed by atoms with E-state index >= 15 is 0 Å². The predicted octanol–water partition coefficient (Wildman–Crippen LogP) is 1.96. The summed E-state index contributed by atoms with van der Waals surface area (Å²) >= 11 is 0. The van der Waals surface area contributed by atoms with Gasteiger partial charge in [-0.05, 0) is 52.9 Å². The van der Waals surface area contributed by atoms with Gasteiger partial charge in [0.05, 0.1) is 126 Å². The van der Waals surface area contributed by atoms with Crippen molar-refractivity contribution in [2.24, 2.45) is 0 Å². The highest BCUT2D eigenvalue weighted by molar-refractivity contribution is 5.69. The number of benzene rings is 2. The van der Waals surface area contributed by atoms with Crippen molar-refractivity contribution in [3.05, 3.63) is 58.7 Å². The number of hydrogen-bond acceptors (Lipinski definition) is 16. The van der Waals surface area contributed by atoms with Crippen molar-refractivity contribution in [2.45, 2.75) is 52.6 Å². The van der Waals surface area contributed by atoms with Gasteiger partial charge in [-0.2, -0.15) is 0 Å². The first kappa shape index (κ1) is 49.6. The molecular formula is C37H62N2O14. The summed E-state index contributed by atoms with van der Waals surface area (Å²) in [5.41, 5.74) is 9.86. The van der Waals surface area contributed by atoms with E-state index in [0.29, 0.717) is 84.9 Å². The number of rotatable bonds is 28. The zero-order valence-electron chi connectivity index (χ0n) is 31.6. The molecule has 16 nitrogen and oxygen atoms in total. The zero-order chi connectivity index (χ0) is 39.4. The van der Waals surface area contributed by atoms with Crippen LogP contribution in [0.2, 0.25) is 0 Å². The first-order valence-electron chi connectivity index (χ1n) is 17.5. The van der Waals surface area contributed by atoms with E-state index in [4.69, 9.17) is 44.4 Å². The molecule has 0 saturated heterocycles. The van der Waals surface area contributed by atoms with E-state index in [1.807, 2.05) is 12.1 Å². The summed E-state index contributed by atoms with van der Waals surface area (Å²) in [6.07, 6.45) is 1.56. The summed E-state index contributed by atoms with van der Waals surface area (Å²) in [5.74, 6) is -0.544. The lowest BCUT2D eigenvalue weighted by Gasteiger charge is -2.10. The highest BCUT2D eigenvalue weighted by Crippen LogP contribution is 2.15. The Labute approximate surface area is 313 Å². The summed E-state index contributed by atoms with van der Waals surface area (Å²) in [7, 11) is 2.71. The molecule has 0 heterocycles. The fourth-order valence-corrected chi connectivity index (χ4v) is 4.03. The van der Waals surface area contributed by atoms with Gasteiger partial charge in [0.1, 0.15) is 0 Å². The second kappa shape index (κ2) is 35.6. The SMILES string of the molecule is CCCOCCOCCOCCC(=O)OC.COC(=O)CCOCCOCCOCCNc1cc(CO)cc(CO)c1.Nc1cc(CO)cc(CO)c1. The number of carbonyl (C=O) groups is 2. The third-order valence-corrected chi connectivity index (χ3v) is 6.63. The standard InChI is InChI=1S/C18H29NO7.C11H22O5.C8H11NO2/c1-23-18(22)2-4-24-6-8-26-9-7-25-5-3-19-17-11-15(13-20)10-16(12-17)14-21;1-3-5-14-7-9-16-10-8-15-6-4-11(12)13-2;9-8-2-6(4-10)1-7(3-8)5-11/h10-12,19-21H,2-9,13-14H2,1H3;3-10H2,1-2H3;1-3,10-11H,4-5,9H2. The quantitative estimate of drug-likeness (QED) is 0.0414. The summed E-state index contributed by atoms with van der Waals surface area (Å²) in [4.78, 5) is 21.5. The van der Waals surface area contributed by atoms with Crippen LogP contribution in [0.25, 0.3) is 0 Å². The number of aliphatic hydroxyl groups is 4. The number of hydrogen-bond donors (Lipinski definition) is 6. The minimum atomic E-state index is -0.288. The zero-order valence-corrected chi connectivity index (χ0v) is 31.6. The Morgan fingerprint density at radius 1 is 0.528 bits per heavy atom. The normalized spacial score (nSPS) is 10.5. The summed E-state index contributed by atoms with van der Waals surface area (Å²) < 4.78 is 40.6. The molecule has 0 bridgehead atoms. The molecule has 0 unspecified atom stereocenters. The summed E-state index contributed by atoms with van der Waals surface area (Å²) in [6, 6.07) is 10.5. The Hall–Kier alpha value is -3.42. The van der Waals surface area contributed by atoms with Crippen molar-refractivity contribution in [1.29, 1.82) is 0 Å². The van der Waals surface area contributed by atoms with Crippen molar-refractivity contribution >= 4 is 23.3 Å². The van der Waals surface area contributed by atoms with Gasteiger partial charge in [0.2, 0.25) is 0 Å². The maximum absolute atomic E-state index is 10.8. The second-order valence-corrected chi connectivity index (χ2v) is 11.0. The smallest absolute Gasteiger partial charge is 0.307 e. The highest BCUT2D eigenvalue weighted by Gasteiger charge is 2.02. The molecule has 2 aromatic carbocycles. The Bertz CT molecular complexity index is 1140. The number of nitrogens with two attached hydrogens (primary N) is 1. The topological polar surface area (TPSA) is 227 Å². The van der Waals surface area contributed by atoms with Crippen molar-refractivity contribution in [1.82, 2.24) is 0 Å². The Kier molecular flexibility index (Phi) is 33.3. The highest BCUT2D eigenvalue weighted by atomic mass is 16.6. The van der Waals surface area contributed by atoms with Crippen LogP contribution < -0.4 is 11.1 Å². The van der Waals surface area contributed by atoms with Crippen LogP contribution in [0.15, 0.2) is 36.4 Å². The number of methoxy groups -OCH3 is 2. The van der Waals surface area contributed by atoms with E-state index in [1.165, 1.54) is 14.2 Å². The fourth-order valence-electron chi connectivity index (χ4n) is 4.03. The van der Waals surface area contributed by atoms with E-state index in [0.717, 1.165) is 41.0 Å². The van der Waals surface area contributed by atoms with E-state index in [1.54, 1.807) is 24.3 Å². The number of anilines is 2. The van der Waals surface area contributed by atoms with E-state index < -0.39 is 0 Å². The van der Waals surface area contributed by atoms with Gasteiger partial charge in [0, 0.05) is 24.5 Å². The molecule has 7 N–H and O–H groups in total. The van der Waals surface area contributed by atoms with Crippen molar-refractivity contribution in [3.8, 4) is 0 Å². The monoisotopic (exact) mass is 758 g/mol. The second-order valence-electron chi connectivity index (χ2n) is 11.0. The van der Waals surface area contributed by atoms with Gasteiger partial charge in [-0.3, -0.25) is 9.59 Å². The van der Waals surface area contributed by atoms with Crippen molar-refractivity contribution in [2.75, 3.05) is 111 Å². The van der Waals surface area contributed by atoms with Gasteiger partial charge < -0.3 is 69.4 Å². The molecular weight excluding hydrogens is 696 g/mol. The number of nitrogens with one attached hydrogen (secondary N) is 1. The summed E-state index contributed by atoms with van der Waals surface area (Å²) in [5, 5.41) is 39.1. The van der Waals surface area contributed by atoms with Gasteiger partial charge in [-0.1, -0.05) is 19.1 Å². The molecule has 0 saturated carbocycles. The molecule has 0 fully saturated rings. The molecule has 0 radical (unpaired) electrons. The molecule has 0 amide bonds. The van der Waals surface area contributed by atoms with Crippen molar-refractivity contribution in [3.63, 3.8) is 0 Å². The van der Waals surface area contributed by atoms with Gasteiger partial charge in [-0.15, -0.1) is 0 Å². The number of carbonyl (C=O) groups excluding carboxylic acids is 2. The Morgan fingerprint density at radius 2 is 0.868 bits per heavy atom. The molecule has 0 aromatic heterocycles. The number of aliphatic hydroxyl groups excluding tert-OH is 4. The number of ether oxygens (including phenoxy) is 8. The maximum Gasteiger partial charge on any atom is 0.307 e. The van der Waals surface area contributed by atoms with Crippen LogP contribution in [-0.2, 0) is 73.9 Å². The van der Waals surface area contributed by atoms with E-state index in [2.05, 4.69) is 21.7 Å². The molecule has 0 atom stereocenters. The van der Waals surface area contributed by atoms with Gasteiger partial charge in [0.25, 0.3) is 0 Å². The van der Waals surface area contributed by atoms with Crippen molar-refractivity contribution < 1.29 is 67.9 Å². The van der Waals surface area contributed by atoms with Gasteiger partial charge >= 0.3 is 11.9 Å². The van der Waals surface area contributed by atoms with Crippen LogP contribution in [0.4, 0.5) is 11.4 Å². The Balaban J connectivity index is 0.000000848. The van der Waals surface area contributed by atoms with Crippen LogP contribution in [0.3, 0.4) is 0 Å². The van der Waals surface area contributed by atoms with Crippen LogP contribution in [-0.4, -0.2) is 132 Å². The Morgan fingerprint density at radius 3 is 1.23 bits per heavy atom. The van der Waals surface area contributed by atoms with Crippen LogP contribution in [0, 0.1) is 0 Å². The molecule has 53 heavy (non-hydrogen) atoms. The summed E-state index contributed by atoms with van der Waals surface area (Å²) in [6.45, 7) is 8.47. The lowest BCUT2D eigenvalue weighted by atomic mass is 10.1. The molecule has 304 valence electrons. The largest absolute Gasteiger partial charge is 0.469 e. The molecule has 0 aliphatic carbocycles. The molecule has 2 rings (SSSR count). The average molecular weight is 759 g/mol. The predicted molar refractivity (Wildman–Crippen MR) is 198 cm³/mol. The fraction of sp³-hybridized carbons (Fsp3) is 0.622.